The Labute approximate surface area is 86.6 Å². The minimum atomic E-state index is -5.18. The van der Waals surface area contributed by atoms with Crippen LogP contribution in [0.2, 0.25) is 0 Å². The van der Waals surface area contributed by atoms with E-state index in [0.717, 1.165) is 6.07 Å². The van der Waals surface area contributed by atoms with Crippen LogP contribution in [-0.4, -0.2) is 11.3 Å². The monoisotopic (exact) mass is 239 g/mol. The van der Waals surface area contributed by atoms with Crippen molar-refractivity contribution in [2.75, 3.05) is 0 Å². The van der Waals surface area contributed by atoms with Gasteiger partial charge in [-0.05, 0) is 19.1 Å². The summed E-state index contributed by atoms with van der Waals surface area (Å²) in [6.45, 7) is 1.18. The Morgan fingerprint density at radius 2 is 1.94 bits per heavy atom. The zero-order chi connectivity index (χ0) is 12.5. The molecule has 4 nitrogen and oxygen atoms in total. The lowest BCUT2D eigenvalue weighted by molar-refractivity contribution is -0.389. The Hall–Kier alpha value is -1.86. The van der Waals surface area contributed by atoms with Crippen molar-refractivity contribution in [3.63, 3.8) is 0 Å². The van der Waals surface area contributed by atoms with Crippen LogP contribution in [0.15, 0.2) is 12.1 Å². The van der Waals surface area contributed by atoms with Gasteiger partial charge in [0.25, 0.3) is 0 Å². The Morgan fingerprint density at radius 1 is 1.38 bits per heavy atom. The molecule has 0 atom stereocenters. The molecule has 1 aromatic rings. The summed E-state index contributed by atoms with van der Waals surface area (Å²) >= 11 is 0. The van der Waals surface area contributed by atoms with Crippen LogP contribution in [0.1, 0.15) is 5.56 Å². The van der Waals surface area contributed by atoms with Crippen molar-refractivity contribution in [3.8, 4) is 5.75 Å². The molecule has 0 aliphatic heterocycles. The first kappa shape index (κ1) is 12.2. The molecule has 0 radical (unpaired) electrons. The molecule has 16 heavy (non-hydrogen) atoms. The minimum Gasteiger partial charge on any atom is -0.395 e. The van der Waals surface area contributed by atoms with Crippen LogP contribution in [0.4, 0.5) is 23.2 Å². The molecule has 0 spiro atoms. The van der Waals surface area contributed by atoms with E-state index in [1.807, 2.05) is 0 Å². The third-order valence-electron chi connectivity index (χ3n) is 1.69. The summed E-state index contributed by atoms with van der Waals surface area (Å²) in [6, 6.07) is 1.67. The van der Waals surface area contributed by atoms with E-state index in [-0.39, 0.29) is 5.56 Å². The van der Waals surface area contributed by atoms with Gasteiger partial charge in [-0.3, -0.25) is 10.1 Å². The van der Waals surface area contributed by atoms with E-state index < -0.39 is 28.5 Å². The molecule has 0 saturated heterocycles. The highest BCUT2D eigenvalue weighted by molar-refractivity contribution is 5.53. The van der Waals surface area contributed by atoms with Gasteiger partial charge in [0.15, 0.2) is 5.82 Å². The number of hydrogen-bond donors (Lipinski definition) is 0. The largest absolute Gasteiger partial charge is 0.573 e. The molecule has 0 N–H and O–H groups in total. The van der Waals surface area contributed by atoms with E-state index in [4.69, 9.17) is 0 Å². The average molecular weight is 239 g/mol. The lowest BCUT2D eigenvalue weighted by Gasteiger charge is -2.10. The first-order valence-electron chi connectivity index (χ1n) is 3.91. The highest BCUT2D eigenvalue weighted by atomic mass is 19.4. The summed E-state index contributed by atoms with van der Waals surface area (Å²) in [5.41, 5.74) is -1.15. The molecule has 0 aromatic heterocycles. The predicted molar refractivity (Wildman–Crippen MR) is 44.5 cm³/mol. The second kappa shape index (κ2) is 3.95. The Kier molecular flexibility index (Phi) is 3.02. The van der Waals surface area contributed by atoms with Crippen molar-refractivity contribution >= 4 is 5.69 Å². The van der Waals surface area contributed by atoms with E-state index in [1.54, 1.807) is 0 Å². The van der Waals surface area contributed by atoms with Crippen molar-refractivity contribution in [2.24, 2.45) is 0 Å². The van der Waals surface area contributed by atoms with Gasteiger partial charge >= 0.3 is 12.0 Å². The number of halogens is 4. The number of nitro groups is 1. The van der Waals surface area contributed by atoms with Crippen LogP contribution in [0.5, 0.6) is 5.75 Å². The van der Waals surface area contributed by atoms with E-state index in [1.165, 1.54) is 6.92 Å². The quantitative estimate of drug-likeness (QED) is 0.453. The van der Waals surface area contributed by atoms with Crippen LogP contribution < -0.4 is 4.74 Å². The van der Waals surface area contributed by atoms with Crippen molar-refractivity contribution in [1.82, 2.24) is 0 Å². The molecule has 0 amide bonds. The number of nitrogens with zero attached hydrogens (tertiary/aromatic N) is 1. The normalized spacial score (nSPS) is 11.3. The molecule has 0 aliphatic carbocycles. The zero-order valence-corrected chi connectivity index (χ0v) is 7.84. The molecule has 0 saturated carbocycles. The third-order valence-corrected chi connectivity index (χ3v) is 1.69. The first-order valence-corrected chi connectivity index (χ1v) is 3.91. The first-order chi connectivity index (χ1) is 7.22. The van der Waals surface area contributed by atoms with Crippen LogP contribution in [0.3, 0.4) is 0 Å². The average Bonchev–Trinajstić information content (AvgIpc) is 2.08. The lowest BCUT2D eigenvalue weighted by Crippen LogP contribution is -2.19. The summed E-state index contributed by atoms with van der Waals surface area (Å²) in [5, 5.41) is 10.5. The van der Waals surface area contributed by atoms with Crippen LogP contribution in [0.25, 0.3) is 0 Å². The Bertz CT molecular complexity index is 430. The maximum atomic E-state index is 13.0. The molecule has 0 unspecified atom stereocenters. The van der Waals surface area contributed by atoms with Crippen LogP contribution in [-0.2, 0) is 0 Å². The van der Waals surface area contributed by atoms with Gasteiger partial charge in [-0.25, -0.2) is 4.39 Å². The Morgan fingerprint density at radius 3 is 2.38 bits per heavy atom. The molecule has 0 fully saturated rings. The van der Waals surface area contributed by atoms with Crippen molar-refractivity contribution in [2.45, 2.75) is 13.3 Å². The molecule has 0 aliphatic rings. The van der Waals surface area contributed by atoms with Crippen molar-refractivity contribution in [1.29, 1.82) is 0 Å². The summed E-state index contributed by atoms with van der Waals surface area (Å²) in [4.78, 5) is 9.35. The summed E-state index contributed by atoms with van der Waals surface area (Å²) in [6.07, 6.45) is -5.18. The highest BCUT2D eigenvalue weighted by Gasteiger charge is 2.37. The summed E-state index contributed by atoms with van der Waals surface area (Å²) < 4.78 is 51.9. The number of alkyl halides is 3. The van der Waals surface area contributed by atoms with Gasteiger partial charge in [-0.2, -0.15) is 0 Å². The number of benzene rings is 1. The van der Waals surface area contributed by atoms with Gasteiger partial charge in [0.05, 0.1) is 4.92 Å². The van der Waals surface area contributed by atoms with Gasteiger partial charge in [-0.1, -0.05) is 0 Å². The molecule has 88 valence electrons. The second-order valence-electron chi connectivity index (χ2n) is 2.85. The maximum Gasteiger partial charge on any atom is 0.573 e. The summed E-state index contributed by atoms with van der Waals surface area (Å²) in [5.74, 6) is -2.85. The predicted octanol–water partition coefficient (Wildman–Crippen LogP) is 2.94. The third kappa shape index (κ3) is 2.59. The molecule has 0 heterocycles. The number of nitro benzene ring substituents is 1. The molecule has 0 bridgehead atoms. The molecule has 1 rings (SSSR count). The maximum absolute atomic E-state index is 13.0. The number of rotatable bonds is 2. The Balaban J connectivity index is 3.35. The smallest absolute Gasteiger partial charge is 0.395 e. The SMILES string of the molecule is Cc1ccc(F)c(OC(F)(F)F)c1[N+](=O)[O-]. The fourth-order valence-electron chi connectivity index (χ4n) is 1.08. The van der Waals surface area contributed by atoms with Crippen molar-refractivity contribution < 1.29 is 27.2 Å². The van der Waals surface area contributed by atoms with Gasteiger partial charge in [0.2, 0.25) is 5.75 Å². The minimum absolute atomic E-state index is 0.120. The van der Waals surface area contributed by atoms with Gasteiger partial charge < -0.3 is 4.74 Å². The van der Waals surface area contributed by atoms with Gasteiger partial charge in [0.1, 0.15) is 0 Å². The molecule has 1 aromatic carbocycles. The fourth-order valence-corrected chi connectivity index (χ4v) is 1.08. The van der Waals surface area contributed by atoms with E-state index >= 15 is 0 Å². The van der Waals surface area contributed by atoms with Crippen LogP contribution in [0, 0.1) is 22.9 Å². The van der Waals surface area contributed by atoms with E-state index in [2.05, 4.69) is 4.74 Å². The molecular weight excluding hydrogens is 234 g/mol. The molecule has 8 heteroatoms. The lowest BCUT2D eigenvalue weighted by atomic mass is 10.2. The fraction of sp³-hybridized carbons (Fsp3) is 0.250. The van der Waals surface area contributed by atoms with Crippen molar-refractivity contribution in [3.05, 3.63) is 33.6 Å². The summed E-state index contributed by atoms with van der Waals surface area (Å²) in [7, 11) is 0. The van der Waals surface area contributed by atoms with Gasteiger partial charge in [-0.15, -0.1) is 13.2 Å². The standard InChI is InChI=1S/C8H5F4NO3/c1-4-2-3-5(9)7(6(4)13(14)15)16-8(10,11)12/h2-3H,1H3. The highest BCUT2D eigenvalue weighted by Crippen LogP contribution is 2.36. The zero-order valence-electron chi connectivity index (χ0n) is 7.84. The number of ether oxygens (including phenoxy) is 1. The number of aryl methyl sites for hydroxylation is 1. The van der Waals surface area contributed by atoms with Gasteiger partial charge in [0, 0.05) is 5.56 Å². The van der Waals surface area contributed by atoms with E-state index in [0.29, 0.717) is 6.07 Å². The van der Waals surface area contributed by atoms with E-state index in [9.17, 15) is 27.7 Å². The second-order valence-corrected chi connectivity index (χ2v) is 2.85. The number of hydrogen-bond acceptors (Lipinski definition) is 3. The topological polar surface area (TPSA) is 52.4 Å². The molecular formula is C8H5F4NO3. The van der Waals surface area contributed by atoms with Crippen LogP contribution >= 0.6 is 0 Å².